The number of aliphatic carboxylic acids is 1. The highest BCUT2D eigenvalue weighted by molar-refractivity contribution is 7.85. The number of aromatic carboxylic acids is 1. The highest BCUT2D eigenvalue weighted by Crippen LogP contribution is 2.29. The maximum absolute atomic E-state index is 14.6. The number of carboxylic acid groups (broad SMARTS) is 2. The van der Waals surface area contributed by atoms with E-state index in [1.54, 1.807) is 13.8 Å². The van der Waals surface area contributed by atoms with Crippen molar-refractivity contribution in [1.29, 1.82) is 0 Å². The fourth-order valence-corrected chi connectivity index (χ4v) is 8.84. The van der Waals surface area contributed by atoms with Crippen LogP contribution < -0.4 is 48.7 Å². The molecule has 9 amide bonds. The van der Waals surface area contributed by atoms with Crippen LogP contribution in [0.4, 0.5) is 0 Å². The number of primary amides is 2. The summed E-state index contributed by atoms with van der Waals surface area (Å²) in [5.41, 5.74) is 8.80. The van der Waals surface area contributed by atoms with Gasteiger partial charge in [0.05, 0.1) is 12.2 Å². The molecule has 0 unspecified atom stereocenters. The fraction of sp³-hybridized carbons (Fsp3) is 0.605. The Hall–Kier alpha value is -6.66. The summed E-state index contributed by atoms with van der Waals surface area (Å²) in [7, 11) is -2.16. The van der Waals surface area contributed by atoms with Gasteiger partial charge in [0.25, 0.3) is 0 Å². The minimum atomic E-state index is -2.16. The minimum Gasteiger partial charge on any atom is -0.507 e. The van der Waals surface area contributed by atoms with Crippen LogP contribution in [0.25, 0.3) is 0 Å². The van der Waals surface area contributed by atoms with Gasteiger partial charge in [-0.1, -0.05) is 39.2 Å². The van der Waals surface area contributed by atoms with Gasteiger partial charge in [0, 0.05) is 36.6 Å². The number of nitrogens with two attached hydrogens (primary N) is 2. The maximum Gasteiger partial charge on any atom is 0.339 e. The van der Waals surface area contributed by atoms with Crippen LogP contribution in [0.1, 0.15) is 113 Å². The summed E-state index contributed by atoms with van der Waals surface area (Å²) in [5, 5.41) is 47.0. The number of benzene rings is 1. The third-order valence-electron chi connectivity index (χ3n) is 11.2. The van der Waals surface area contributed by atoms with Gasteiger partial charge in [0.1, 0.15) is 52.8 Å². The lowest BCUT2D eigenvalue weighted by molar-refractivity contribution is -0.139. The summed E-state index contributed by atoms with van der Waals surface area (Å²) in [6, 6.07) is -4.08. The van der Waals surface area contributed by atoms with Gasteiger partial charge in [-0.2, -0.15) is 0 Å². The molecule has 3 rings (SSSR count). The zero-order valence-corrected chi connectivity index (χ0v) is 38.8. The van der Waals surface area contributed by atoms with Crippen LogP contribution in [0.3, 0.4) is 0 Å². The Bertz CT molecular complexity index is 2100. The summed E-state index contributed by atoms with van der Waals surface area (Å²) in [6.07, 6.45) is -0.204. The van der Waals surface area contributed by atoms with Crippen molar-refractivity contribution >= 4 is 75.9 Å². The highest BCUT2D eigenvalue weighted by Gasteiger charge is 2.44. The van der Waals surface area contributed by atoms with E-state index < -0.39 is 154 Å². The first-order valence-electron chi connectivity index (χ1n) is 22.3. The monoisotopic (exact) mass is 977 g/mol. The van der Waals surface area contributed by atoms with Crippen molar-refractivity contribution in [1.82, 2.24) is 37.2 Å². The van der Waals surface area contributed by atoms with Crippen molar-refractivity contribution in [2.75, 3.05) is 18.1 Å². The van der Waals surface area contributed by atoms with Crippen LogP contribution in [-0.4, -0.2) is 138 Å². The number of carbonyl (C=O) groups excluding carboxylic acids is 9. The predicted molar refractivity (Wildman–Crippen MR) is 241 cm³/mol. The molecule has 1 aromatic carbocycles. The first-order valence-corrected chi connectivity index (χ1v) is 23.8. The number of hydrogen-bond acceptors (Lipinski definition) is 13. The molecule has 1 heterocycles. The molecule has 1 spiro atoms. The second-order valence-corrected chi connectivity index (χ2v) is 18.9. The van der Waals surface area contributed by atoms with Crippen LogP contribution in [0.2, 0.25) is 0 Å². The second kappa shape index (κ2) is 26.6. The average Bonchev–Trinajstić information content (AvgIpc) is 3.24. The van der Waals surface area contributed by atoms with Crippen molar-refractivity contribution in [3.8, 4) is 5.75 Å². The molecular weight excluding hydrogens is 915 g/mol. The molecule has 14 N–H and O–H groups in total. The highest BCUT2D eigenvalue weighted by atomic mass is 32.2. The van der Waals surface area contributed by atoms with Gasteiger partial charge < -0.3 is 64.0 Å². The molecule has 1 aliphatic carbocycles. The van der Waals surface area contributed by atoms with Gasteiger partial charge in [-0.25, -0.2) is 4.79 Å². The van der Waals surface area contributed by atoms with Crippen molar-refractivity contribution in [2.45, 2.75) is 139 Å². The number of aromatic hydroxyl groups is 1. The molecule has 0 radical (unpaired) electrons. The SMILES string of the molecule is CC(C)C[C@@H]1NC(=O)[C@H](CCCC(=O)O)NC(=O)C[S@](=O)C[C@H](C(N)=O)NC(=O)CCCCNC(=O)[C@H](CC(N)=O)NC(=O)C2(CCCCC2)NC(=O)[C@H](Cc2ccc(O)c(C(=O)O)c2)NC1=O. The van der Waals surface area contributed by atoms with Crippen molar-refractivity contribution in [2.24, 2.45) is 17.4 Å². The van der Waals surface area contributed by atoms with E-state index in [4.69, 9.17) is 11.5 Å². The van der Waals surface area contributed by atoms with Gasteiger partial charge in [-0.05, 0) is 68.6 Å². The number of amides is 9. The number of phenols is 1. The van der Waals surface area contributed by atoms with Gasteiger partial charge in [0.15, 0.2) is 0 Å². The lowest BCUT2D eigenvalue weighted by Crippen LogP contribution is -2.66. The number of rotatable bonds is 12. The maximum atomic E-state index is 14.6. The number of carbonyl (C=O) groups is 11. The van der Waals surface area contributed by atoms with Gasteiger partial charge in [-0.15, -0.1) is 0 Å². The largest absolute Gasteiger partial charge is 0.507 e. The Labute approximate surface area is 394 Å². The molecule has 2 fully saturated rings. The molecule has 1 saturated heterocycles. The van der Waals surface area contributed by atoms with E-state index in [2.05, 4.69) is 37.2 Å². The van der Waals surface area contributed by atoms with E-state index in [0.717, 1.165) is 12.1 Å². The van der Waals surface area contributed by atoms with E-state index in [1.807, 2.05) is 0 Å². The molecule has 24 nitrogen and oxygen atoms in total. The topological polar surface area (TPSA) is 402 Å². The van der Waals surface area contributed by atoms with Crippen molar-refractivity contribution in [3.05, 3.63) is 29.3 Å². The molecule has 1 aliphatic heterocycles. The van der Waals surface area contributed by atoms with Crippen molar-refractivity contribution < 1.29 is 72.3 Å². The molecular formula is C43H63N9O15S. The average molecular weight is 978 g/mol. The zero-order chi connectivity index (χ0) is 50.7. The molecule has 376 valence electrons. The van der Waals surface area contributed by atoms with Gasteiger partial charge in [-0.3, -0.25) is 52.2 Å². The molecule has 68 heavy (non-hydrogen) atoms. The van der Waals surface area contributed by atoms with Gasteiger partial charge in [0.2, 0.25) is 53.2 Å². The summed E-state index contributed by atoms with van der Waals surface area (Å²) in [6.45, 7) is 3.38. The summed E-state index contributed by atoms with van der Waals surface area (Å²) in [4.78, 5) is 144. The molecule has 0 bridgehead atoms. The molecule has 0 aromatic heterocycles. The van der Waals surface area contributed by atoms with Gasteiger partial charge >= 0.3 is 11.9 Å². The van der Waals surface area contributed by atoms with E-state index in [-0.39, 0.29) is 69.4 Å². The lowest BCUT2D eigenvalue weighted by Gasteiger charge is -2.38. The Kier molecular flexibility index (Phi) is 21.8. The number of hydrogen-bond donors (Lipinski definition) is 12. The van der Waals surface area contributed by atoms with E-state index in [9.17, 15) is 72.3 Å². The van der Waals surface area contributed by atoms with E-state index >= 15 is 0 Å². The number of nitrogens with one attached hydrogen (secondary N) is 7. The normalized spacial score (nSPS) is 24.4. The fourth-order valence-electron chi connectivity index (χ4n) is 7.73. The van der Waals surface area contributed by atoms with Crippen LogP contribution >= 0.6 is 0 Å². The van der Waals surface area contributed by atoms with E-state index in [0.29, 0.717) is 19.3 Å². The Morgan fingerprint density at radius 2 is 1.44 bits per heavy atom. The number of carboxylic acids is 2. The molecule has 1 saturated carbocycles. The Balaban J connectivity index is 2.12. The first-order chi connectivity index (χ1) is 32.0. The molecule has 2 aliphatic rings. The summed E-state index contributed by atoms with van der Waals surface area (Å²) < 4.78 is 13.1. The zero-order valence-electron chi connectivity index (χ0n) is 38.0. The minimum absolute atomic E-state index is 0.0474. The van der Waals surface area contributed by atoms with Crippen LogP contribution in [-0.2, 0) is 65.2 Å². The predicted octanol–water partition coefficient (Wildman–Crippen LogP) is -2.41. The van der Waals surface area contributed by atoms with Crippen LogP contribution in [0.5, 0.6) is 5.75 Å². The van der Waals surface area contributed by atoms with Crippen LogP contribution in [0, 0.1) is 5.92 Å². The smallest absolute Gasteiger partial charge is 0.339 e. The molecule has 6 atom stereocenters. The Morgan fingerprint density at radius 3 is 2.06 bits per heavy atom. The summed E-state index contributed by atoms with van der Waals surface area (Å²) >= 11 is 0. The van der Waals surface area contributed by atoms with Crippen molar-refractivity contribution in [3.63, 3.8) is 0 Å². The first kappa shape index (κ1) is 55.7. The lowest BCUT2D eigenvalue weighted by atomic mass is 9.80. The van der Waals surface area contributed by atoms with Crippen LogP contribution in [0.15, 0.2) is 18.2 Å². The van der Waals surface area contributed by atoms with E-state index in [1.165, 1.54) is 6.07 Å². The molecule has 1 aromatic rings. The standard InChI is InChI=1S/C43H63N9O15S/c1-23(2)17-27-39(62)50-28(19-24-12-13-31(53)25(18-24)41(64)65)40(63)52-43(14-5-3-6-15-43)42(66)51-29(20-32(44)54)37(60)46-16-7-4-10-33(55)48-30(36(45)59)21-68(67)22-34(56)47-26(38(61)49-27)9-8-11-35(57)58/h12-13,18,23,26-30,53H,3-11,14-17,19-22H2,1-2H3,(H2,44,54)(H2,45,59)(H,46,60)(H,47,56)(H,48,55)(H,49,61)(H,50,62)(H,51,66)(H,52,63)(H,57,58)(H,64,65)/t26-,27-,28-,29-,30+,68+/m0/s1. The quantitative estimate of drug-likeness (QED) is 0.104. The Morgan fingerprint density at radius 1 is 0.779 bits per heavy atom. The second-order valence-electron chi connectivity index (χ2n) is 17.4. The third kappa shape index (κ3) is 18.2. The summed E-state index contributed by atoms with van der Waals surface area (Å²) in [5.74, 6) is -13.2. The third-order valence-corrected chi connectivity index (χ3v) is 12.5. The molecule has 25 heteroatoms.